The highest BCUT2D eigenvalue weighted by Gasteiger charge is 2.38. The summed E-state index contributed by atoms with van der Waals surface area (Å²) in [5.41, 5.74) is 0.114. The standard InChI is InChI=1S/C13H19ClN2O2S/c1-13(2,3)10-6-8-16(9-10)19(17,18)11-5-4-7-15-12(11)14/h4-5,7,10H,6,8-9H2,1-3H3. The molecule has 0 saturated carbocycles. The predicted octanol–water partition coefficient (Wildman–Crippen LogP) is 2.79. The Bertz CT molecular complexity index is 566. The molecule has 1 aromatic heterocycles. The van der Waals surface area contributed by atoms with Crippen LogP contribution < -0.4 is 0 Å². The summed E-state index contributed by atoms with van der Waals surface area (Å²) in [6.45, 7) is 7.53. The number of sulfonamides is 1. The van der Waals surface area contributed by atoms with Gasteiger partial charge in [-0.2, -0.15) is 4.31 Å². The molecule has 0 aliphatic carbocycles. The molecule has 4 nitrogen and oxygen atoms in total. The third-order valence-corrected chi connectivity index (χ3v) is 6.03. The van der Waals surface area contributed by atoms with Gasteiger partial charge in [-0.25, -0.2) is 13.4 Å². The second-order valence-corrected chi connectivity index (χ2v) is 8.27. The lowest BCUT2D eigenvalue weighted by Gasteiger charge is -2.26. The fourth-order valence-electron chi connectivity index (χ4n) is 2.36. The molecule has 1 aliphatic heterocycles. The molecule has 1 unspecified atom stereocenters. The summed E-state index contributed by atoms with van der Waals surface area (Å²) in [7, 11) is -3.52. The van der Waals surface area contributed by atoms with Crippen LogP contribution >= 0.6 is 11.6 Å². The number of pyridine rings is 1. The minimum absolute atomic E-state index is 0.0432. The van der Waals surface area contributed by atoms with Crippen molar-refractivity contribution in [2.24, 2.45) is 11.3 Å². The smallest absolute Gasteiger partial charge is 0.243 e. The zero-order valence-electron chi connectivity index (χ0n) is 11.4. The second-order valence-electron chi connectivity index (χ2n) is 6.01. The summed E-state index contributed by atoms with van der Waals surface area (Å²) in [4.78, 5) is 3.95. The van der Waals surface area contributed by atoms with Crippen LogP contribution in [-0.4, -0.2) is 30.8 Å². The summed E-state index contributed by atoms with van der Waals surface area (Å²) < 4.78 is 26.6. The average Bonchev–Trinajstić information content (AvgIpc) is 2.78. The first kappa shape index (κ1) is 14.8. The molecule has 0 N–H and O–H groups in total. The Morgan fingerprint density at radius 3 is 2.63 bits per heavy atom. The third-order valence-electron chi connectivity index (χ3n) is 3.72. The normalized spacial score (nSPS) is 21.8. The molecular weight excluding hydrogens is 284 g/mol. The monoisotopic (exact) mass is 302 g/mol. The highest BCUT2D eigenvalue weighted by atomic mass is 35.5. The number of aromatic nitrogens is 1. The molecule has 2 heterocycles. The van der Waals surface area contributed by atoms with Crippen molar-refractivity contribution in [3.63, 3.8) is 0 Å². The summed E-state index contributed by atoms with van der Waals surface area (Å²) in [6, 6.07) is 3.10. The lowest BCUT2D eigenvalue weighted by atomic mass is 9.80. The van der Waals surface area contributed by atoms with Gasteiger partial charge < -0.3 is 0 Å². The largest absolute Gasteiger partial charge is 0.246 e. The highest BCUT2D eigenvalue weighted by Crippen LogP contribution is 2.36. The minimum atomic E-state index is -3.52. The number of halogens is 1. The van der Waals surface area contributed by atoms with Gasteiger partial charge in [0, 0.05) is 19.3 Å². The SMILES string of the molecule is CC(C)(C)C1CCN(S(=O)(=O)c2cccnc2Cl)C1. The van der Waals surface area contributed by atoms with E-state index in [1.54, 1.807) is 6.07 Å². The fourth-order valence-corrected chi connectivity index (χ4v) is 4.28. The van der Waals surface area contributed by atoms with Crippen LogP contribution in [0, 0.1) is 11.3 Å². The van der Waals surface area contributed by atoms with Gasteiger partial charge in [0.25, 0.3) is 0 Å². The van der Waals surface area contributed by atoms with Gasteiger partial charge in [-0.15, -0.1) is 0 Å². The van der Waals surface area contributed by atoms with Crippen molar-refractivity contribution in [1.29, 1.82) is 0 Å². The van der Waals surface area contributed by atoms with E-state index in [0.717, 1.165) is 6.42 Å². The minimum Gasteiger partial charge on any atom is -0.243 e. The topological polar surface area (TPSA) is 50.3 Å². The summed E-state index contributed by atoms with van der Waals surface area (Å²) in [5, 5.41) is 0.0432. The molecule has 1 saturated heterocycles. The molecular formula is C13H19ClN2O2S. The fraction of sp³-hybridized carbons (Fsp3) is 0.615. The van der Waals surface area contributed by atoms with E-state index < -0.39 is 10.0 Å². The van der Waals surface area contributed by atoms with E-state index in [1.807, 2.05) is 0 Å². The molecule has 0 amide bonds. The van der Waals surface area contributed by atoms with E-state index in [0.29, 0.717) is 19.0 Å². The van der Waals surface area contributed by atoms with Gasteiger partial charge in [-0.1, -0.05) is 32.4 Å². The Hall–Kier alpha value is -0.650. The Morgan fingerprint density at radius 1 is 1.42 bits per heavy atom. The summed E-state index contributed by atoms with van der Waals surface area (Å²) >= 11 is 5.90. The van der Waals surface area contributed by atoms with Crippen molar-refractivity contribution in [2.75, 3.05) is 13.1 Å². The van der Waals surface area contributed by atoms with E-state index in [-0.39, 0.29) is 15.5 Å². The van der Waals surface area contributed by atoms with Gasteiger partial charge in [0.1, 0.15) is 10.0 Å². The maximum Gasteiger partial charge on any atom is 0.246 e. The molecule has 1 atom stereocenters. The Balaban J connectivity index is 2.26. The zero-order valence-corrected chi connectivity index (χ0v) is 13.0. The zero-order chi connectivity index (χ0) is 14.3. The molecule has 1 fully saturated rings. The lowest BCUT2D eigenvalue weighted by Crippen LogP contribution is -2.31. The molecule has 106 valence electrons. The Kier molecular flexibility index (Phi) is 3.91. The van der Waals surface area contributed by atoms with Crippen LogP contribution in [0.25, 0.3) is 0 Å². The quantitative estimate of drug-likeness (QED) is 0.789. The molecule has 6 heteroatoms. The van der Waals surface area contributed by atoms with Gasteiger partial charge in [0.2, 0.25) is 10.0 Å². The third kappa shape index (κ3) is 2.93. The predicted molar refractivity (Wildman–Crippen MR) is 75.6 cm³/mol. The van der Waals surface area contributed by atoms with Crippen LogP contribution in [0.4, 0.5) is 0 Å². The molecule has 0 radical (unpaired) electrons. The van der Waals surface area contributed by atoms with Crippen molar-refractivity contribution in [1.82, 2.24) is 9.29 Å². The Morgan fingerprint density at radius 2 is 2.11 bits per heavy atom. The molecule has 0 bridgehead atoms. The molecule has 19 heavy (non-hydrogen) atoms. The average molecular weight is 303 g/mol. The van der Waals surface area contributed by atoms with E-state index in [4.69, 9.17) is 11.6 Å². The first-order valence-corrected chi connectivity index (χ1v) is 8.15. The molecule has 0 spiro atoms. The van der Waals surface area contributed by atoms with Crippen LogP contribution in [0.5, 0.6) is 0 Å². The number of nitrogens with zero attached hydrogens (tertiary/aromatic N) is 2. The van der Waals surface area contributed by atoms with Crippen LogP contribution in [-0.2, 0) is 10.0 Å². The molecule has 2 rings (SSSR count). The van der Waals surface area contributed by atoms with E-state index >= 15 is 0 Å². The summed E-state index contributed by atoms with van der Waals surface area (Å²) in [6.07, 6.45) is 2.38. The van der Waals surface area contributed by atoms with Crippen molar-refractivity contribution < 1.29 is 8.42 Å². The molecule has 1 aromatic rings. The van der Waals surface area contributed by atoms with Crippen LogP contribution in [0.3, 0.4) is 0 Å². The lowest BCUT2D eigenvalue weighted by molar-refractivity contribution is 0.252. The number of hydrogen-bond acceptors (Lipinski definition) is 3. The van der Waals surface area contributed by atoms with Gasteiger partial charge >= 0.3 is 0 Å². The highest BCUT2D eigenvalue weighted by molar-refractivity contribution is 7.89. The second kappa shape index (κ2) is 5.04. The maximum absolute atomic E-state index is 12.5. The van der Waals surface area contributed by atoms with Gasteiger partial charge in [0.05, 0.1) is 0 Å². The van der Waals surface area contributed by atoms with Crippen LogP contribution in [0.15, 0.2) is 23.2 Å². The number of rotatable bonds is 2. The molecule has 0 aromatic carbocycles. The van der Waals surface area contributed by atoms with Crippen molar-refractivity contribution in [3.8, 4) is 0 Å². The van der Waals surface area contributed by atoms with Crippen molar-refractivity contribution in [3.05, 3.63) is 23.5 Å². The van der Waals surface area contributed by atoms with E-state index in [2.05, 4.69) is 25.8 Å². The van der Waals surface area contributed by atoms with Crippen molar-refractivity contribution >= 4 is 21.6 Å². The first-order valence-electron chi connectivity index (χ1n) is 6.33. The molecule has 1 aliphatic rings. The van der Waals surface area contributed by atoms with E-state index in [1.165, 1.54) is 16.6 Å². The van der Waals surface area contributed by atoms with Crippen LogP contribution in [0.1, 0.15) is 27.2 Å². The maximum atomic E-state index is 12.5. The summed E-state index contributed by atoms with van der Waals surface area (Å²) in [5.74, 6) is 0.373. The van der Waals surface area contributed by atoms with Crippen molar-refractivity contribution in [2.45, 2.75) is 32.1 Å². The van der Waals surface area contributed by atoms with Crippen LogP contribution in [0.2, 0.25) is 5.15 Å². The van der Waals surface area contributed by atoms with Gasteiger partial charge in [-0.3, -0.25) is 0 Å². The van der Waals surface area contributed by atoms with Gasteiger partial charge in [0.15, 0.2) is 0 Å². The first-order chi connectivity index (χ1) is 8.73. The van der Waals surface area contributed by atoms with Gasteiger partial charge in [-0.05, 0) is 29.9 Å². The van der Waals surface area contributed by atoms with E-state index in [9.17, 15) is 8.42 Å². The number of hydrogen-bond donors (Lipinski definition) is 0. The Labute approximate surface area is 119 Å².